The highest BCUT2D eigenvalue weighted by Gasteiger charge is 2.23. The molecule has 7 heteroatoms. The fraction of sp³-hybridized carbons (Fsp3) is 0.400. The number of carboxylic acid groups (broad SMARTS) is 1. The Balaban J connectivity index is 1.93. The van der Waals surface area contributed by atoms with Crippen molar-refractivity contribution in [3.63, 3.8) is 0 Å². The predicted octanol–water partition coefficient (Wildman–Crippen LogP) is 1.01. The second kappa shape index (κ2) is 7.04. The van der Waals surface area contributed by atoms with Crippen LogP contribution in [0.3, 0.4) is 0 Å². The normalized spacial score (nSPS) is 18.5. The van der Waals surface area contributed by atoms with Gasteiger partial charge < -0.3 is 20.5 Å². The van der Waals surface area contributed by atoms with Crippen molar-refractivity contribution in [2.24, 2.45) is 0 Å². The average molecular weight is 306 g/mol. The quantitative estimate of drug-likeness (QED) is 0.753. The molecular weight excluding hydrogens is 288 g/mol. The van der Waals surface area contributed by atoms with Gasteiger partial charge in [0.15, 0.2) is 0 Å². The fourth-order valence-electron chi connectivity index (χ4n) is 2.05. The lowest BCUT2D eigenvalue weighted by atomic mass is 10.1. The van der Waals surface area contributed by atoms with Gasteiger partial charge in [0.1, 0.15) is 12.1 Å². The Morgan fingerprint density at radius 2 is 1.95 bits per heavy atom. The summed E-state index contributed by atoms with van der Waals surface area (Å²) in [6.45, 7) is 1.98. The first-order chi connectivity index (χ1) is 10.5. The molecule has 22 heavy (non-hydrogen) atoms. The molecule has 7 nitrogen and oxygen atoms in total. The number of amides is 2. The summed E-state index contributed by atoms with van der Waals surface area (Å²) in [6.07, 6.45) is 1.16. The minimum atomic E-state index is -1.10. The fourth-order valence-corrected chi connectivity index (χ4v) is 2.05. The van der Waals surface area contributed by atoms with E-state index < -0.39 is 24.0 Å². The summed E-state index contributed by atoms with van der Waals surface area (Å²) >= 11 is 0. The molecule has 2 rings (SSSR count). The number of nitrogens with one attached hydrogen (secondary N) is 2. The zero-order valence-corrected chi connectivity index (χ0v) is 12.2. The summed E-state index contributed by atoms with van der Waals surface area (Å²) in [5.74, 6) is -1.78. The van der Waals surface area contributed by atoms with Gasteiger partial charge >= 0.3 is 5.97 Å². The lowest BCUT2D eigenvalue weighted by molar-refractivity contribution is -0.138. The lowest BCUT2D eigenvalue weighted by Crippen LogP contribution is -2.38. The van der Waals surface area contributed by atoms with Crippen molar-refractivity contribution in [1.82, 2.24) is 5.32 Å². The molecule has 3 N–H and O–H groups in total. The number of anilines is 1. The van der Waals surface area contributed by atoms with Crippen LogP contribution >= 0.6 is 0 Å². The first-order valence-electron chi connectivity index (χ1n) is 7.03. The van der Waals surface area contributed by atoms with Crippen molar-refractivity contribution in [2.75, 3.05) is 11.9 Å². The van der Waals surface area contributed by atoms with E-state index in [0.29, 0.717) is 24.3 Å². The number of benzene rings is 1. The summed E-state index contributed by atoms with van der Waals surface area (Å²) < 4.78 is 5.28. The first-order valence-corrected chi connectivity index (χ1v) is 7.03. The van der Waals surface area contributed by atoms with E-state index in [9.17, 15) is 14.4 Å². The minimum Gasteiger partial charge on any atom is -0.480 e. The molecule has 1 unspecified atom stereocenters. The molecule has 1 aliphatic heterocycles. The van der Waals surface area contributed by atoms with Gasteiger partial charge in [0.25, 0.3) is 11.8 Å². The van der Waals surface area contributed by atoms with E-state index in [4.69, 9.17) is 9.84 Å². The standard InChI is InChI=1S/C15H18N2O5/c1-9(15(20)21)16-13(18)10-4-6-11(7-5-10)17-14(19)12-3-2-8-22-12/h4-7,9,12H,2-3,8H2,1H3,(H,16,18)(H,17,19)(H,20,21)/t9?,12-/m0/s1. The van der Waals surface area contributed by atoms with E-state index in [2.05, 4.69) is 10.6 Å². The third kappa shape index (κ3) is 4.05. The third-order valence-electron chi connectivity index (χ3n) is 3.35. The first kappa shape index (κ1) is 16.0. The van der Waals surface area contributed by atoms with E-state index in [1.165, 1.54) is 19.1 Å². The maximum absolute atomic E-state index is 11.9. The molecule has 2 atom stereocenters. The molecule has 0 spiro atoms. The molecule has 1 aromatic carbocycles. The van der Waals surface area contributed by atoms with Crippen LogP contribution in [0.1, 0.15) is 30.1 Å². The molecule has 1 aliphatic rings. The van der Waals surface area contributed by atoms with Crippen LogP contribution < -0.4 is 10.6 Å². The molecule has 1 fully saturated rings. The van der Waals surface area contributed by atoms with Crippen molar-refractivity contribution in [3.8, 4) is 0 Å². The average Bonchev–Trinajstić information content (AvgIpc) is 3.02. The summed E-state index contributed by atoms with van der Waals surface area (Å²) in [6, 6.07) is 5.26. The number of carbonyl (C=O) groups is 3. The van der Waals surface area contributed by atoms with E-state index >= 15 is 0 Å². The van der Waals surface area contributed by atoms with Crippen molar-refractivity contribution >= 4 is 23.5 Å². The van der Waals surface area contributed by atoms with Gasteiger partial charge in [-0.2, -0.15) is 0 Å². The van der Waals surface area contributed by atoms with Gasteiger partial charge in [0.2, 0.25) is 0 Å². The van der Waals surface area contributed by atoms with E-state index in [-0.39, 0.29) is 5.91 Å². The number of carbonyl (C=O) groups excluding carboxylic acids is 2. The van der Waals surface area contributed by atoms with E-state index in [1.54, 1.807) is 12.1 Å². The van der Waals surface area contributed by atoms with Crippen molar-refractivity contribution in [2.45, 2.75) is 31.9 Å². The Hall–Kier alpha value is -2.41. The summed E-state index contributed by atoms with van der Waals surface area (Å²) in [4.78, 5) is 34.4. The van der Waals surface area contributed by atoms with Crippen molar-refractivity contribution in [1.29, 1.82) is 0 Å². The van der Waals surface area contributed by atoms with Crippen LogP contribution in [-0.2, 0) is 14.3 Å². The maximum Gasteiger partial charge on any atom is 0.325 e. The Morgan fingerprint density at radius 1 is 1.27 bits per heavy atom. The molecule has 0 aliphatic carbocycles. The van der Waals surface area contributed by atoms with Crippen molar-refractivity contribution in [3.05, 3.63) is 29.8 Å². The highest BCUT2D eigenvalue weighted by atomic mass is 16.5. The zero-order valence-electron chi connectivity index (χ0n) is 12.2. The zero-order chi connectivity index (χ0) is 16.1. The van der Waals surface area contributed by atoms with Gasteiger partial charge in [0, 0.05) is 17.9 Å². The molecule has 1 saturated heterocycles. The summed E-state index contributed by atoms with van der Waals surface area (Å²) in [5.41, 5.74) is 0.881. The second-order valence-corrected chi connectivity index (χ2v) is 5.10. The largest absolute Gasteiger partial charge is 0.480 e. The third-order valence-corrected chi connectivity index (χ3v) is 3.35. The van der Waals surface area contributed by atoms with Crippen LogP contribution in [-0.4, -0.2) is 41.6 Å². The molecule has 0 aromatic heterocycles. The van der Waals surface area contributed by atoms with Gasteiger partial charge in [-0.15, -0.1) is 0 Å². The number of ether oxygens (including phenoxy) is 1. The van der Waals surface area contributed by atoms with Gasteiger partial charge in [-0.1, -0.05) is 0 Å². The van der Waals surface area contributed by atoms with E-state index in [0.717, 1.165) is 6.42 Å². The van der Waals surface area contributed by atoms with Crippen LogP contribution in [0.4, 0.5) is 5.69 Å². The van der Waals surface area contributed by atoms with Gasteiger partial charge in [-0.25, -0.2) is 0 Å². The van der Waals surface area contributed by atoms with Crippen LogP contribution in [0.15, 0.2) is 24.3 Å². The second-order valence-electron chi connectivity index (χ2n) is 5.10. The number of hydrogen-bond donors (Lipinski definition) is 3. The highest BCUT2D eigenvalue weighted by molar-refractivity contribution is 5.98. The number of aliphatic carboxylic acids is 1. The molecule has 1 aromatic rings. The molecular formula is C15H18N2O5. The Kier molecular flexibility index (Phi) is 5.11. The van der Waals surface area contributed by atoms with Crippen LogP contribution in [0.25, 0.3) is 0 Å². The summed E-state index contributed by atoms with van der Waals surface area (Å²) in [5, 5.41) is 13.8. The molecule has 0 saturated carbocycles. The van der Waals surface area contributed by atoms with Gasteiger partial charge in [-0.05, 0) is 44.0 Å². The Bertz CT molecular complexity index is 564. The SMILES string of the molecule is CC(NC(=O)c1ccc(NC(=O)[C@@H]2CCCO2)cc1)C(=O)O. The lowest BCUT2D eigenvalue weighted by Gasteiger charge is -2.12. The summed E-state index contributed by atoms with van der Waals surface area (Å²) in [7, 11) is 0. The highest BCUT2D eigenvalue weighted by Crippen LogP contribution is 2.15. The van der Waals surface area contributed by atoms with Crippen LogP contribution in [0.2, 0.25) is 0 Å². The van der Waals surface area contributed by atoms with Gasteiger partial charge in [-0.3, -0.25) is 14.4 Å². The van der Waals surface area contributed by atoms with Gasteiger partial charge in [0.05, 0.1) is 0 Å². The van der Waals surface area contributed by atoms with E-state index in [1.807, 2.05) is 0 Å². The predicted molar refractivity (Wildman–Crippen MR) is 78.6 cm³/mol. The minimum absolute atomic E-state index is 0.200. The molecule has 0 bridgehead atoms. The molecule has 0 radical (unpaired) electrons. The van der Waals surface area contributed by atoms with Crippen LogP contribution in [0, 0.1) is 0 Å². The Labute approximate surface area is 127 Å². The molecule has 118 valence electrons. The smallest absolute Gasteiger partial charge is 0.325 e. The molecule has 1 heterocycles. The van der Waals surface area contributed by atoms with Crippen molar-refractivity contribution < 1.29 is 24.2 Å². The number of hydrogen-bond acceptors (Lipinski definition) is 4. The maximum atomic E-state index is 11.9. The monoisotopic (exact) mass is 306 g/mol. The number of rotatable bonds is 5. The topological polar surface area (TPSA) is 105 Å². The Morgan fingerprint density at radius 3 is 2.50 bits per heavy atom. The number of carboxylic acids is 1. The van der Waals surface area contributed by atoms with Crippen LogP contribution in [0.5, 0.6) is 0 Å². The molecule has 2 amide bonds.